The highest BCUT2D eigenvalue weighted by Gasteiger charge is 2.70. The van der Waals surface area contributed by atoms with Crippen LogP contribution in [0.4, 0.5) is 22.8 Å². The van der Waals surface area contributed by atoms with E-state index >= 15 is 0 Å². The number of benzene rings is 2. The lowest BCUT2D eigenvalue weighted by Crippen LogP contribution is -2.59. The maximum Gasteiger partial charge on any atom is 0.410 e. The SMILES string of the molecule is C[C@@H]1CN(C(=O)OC(C)(C)C)[C@@H](c2ccc(Br)cc2)CN1.C[C@@H]1CN(C(=O)OC(C)(C)C)[C@@H](c2ccc(Br)cc2)CN1C(=O)C1(C(F)(F)F)CC1. The predicted molar refractivity (Wildman–Crippen MR) is 196 cm³/mol. The van der Waals surface area contributed by atoms with Crippen LogP contribution in [0.2, 0.25) is 0 Å². The molecule has 2 aromatic rings. The summed E-state index contributed by atoms with van der Waals surface area (Å²) in [6.45, 7) is 16.1. The minimum absolute atomic E-state index is 0.00384. The second-order valence-corrected chi connectivity index (χ2v) is 17.4. The van der Waals surface area contributed by atoms with Crippen molar-refractivity contribution in [3.05, 3.63) is 68.6 Å². The Labute approximate surface area is 315 Å². The molecule has 1 N–H and O–H groups in total. The standard InChI is InChI=1S/C21H26BrF3N2O3.C16H23BrN2O2/c1-13-11-27(18(29)30-19(2,3)4)16(14-5-7-15(22)8-6-14)12-26(13)17(28)20(9-10-20)21(23,24)25;1-11-10-19(15(20)21-16(2,3)4)14(9-18-11)12-5-7-13(17)8-6-12/h5-8,13,16H,9-12H2,1-4H3;5-8,11,14,18H,9-10H2,1-4H3/t13-,16-;11-,14-/m11/s1. The zero-order valence-electron chi connectivity index (χ0n) is 30.4. The molecule has 282 valence electrons. The Balaban J connectivity index is 0.000000244. The Hall–Kier alpha value is -2.84. The summed E-state index contributed by atoms with van der Waals surface area (Å²) >= 11 is 6.80. The molecule has 0 aromatic heterocycles. The molecule has 2 heterocycles. The lowest BCUT2D eigenvalue weighted by Gasteiger charge is -2.46. The number of hydrogen-bond acceptors (Lipinski definition) is 6. The molecule has 3 aliphatic rings. The fourth-order valence-electron chi connectivity index (χ4n) is 6.18. The molecule has 0 radical (unpaired) electrons. The van der Waals surface area contributed by atoms with E-state index in [-0.39, 0.29) is 44.1 Å². The highest BCUT2D eigenvalue weighted by atomic mass is 79.9. The summed E-state index contributed by atoms with van der Waals surface area (Å²) in [5, 5.41) is 3.43. The van der Waals surface area contributed by atoms with Gasteiger partial charge in [-0.25, -0.2) is 9.59 Å². The van der Waals surface area contributed by atoms with Gasteiger partial charge < -0.3 is 19.7 Å². The quantitative estimate of drug-likeness (QED) is 0.332. The first-order valence-corrected chi connectivity index (χ1v) is 18.7. The van der Waals surface area contributed by atoms with E-state index in [1.807, 2.05) is 49.9 Å². The summed E-state index contributed by atoms with van der Waals surface area (Å²) in [6, 6.07) is 14.4. The van der Waals surface area contributed by atoms with Gasteiger partial charge in [0.15, 0.2) is 0 Å². The van der Waals surface area contributed by atoms with Gasteiger partial charge >= 0.3 is 18.4 Å². The number of carbonyl (C=O) groups is 3. The van der Waals surface area contributed by atoms with Crippen LogP contribution >= 0.6 is 31.9 Å². The van der Waals surface area contributed by atoms with Gasteiger partial charge in [0, 0.05) is 47.2 Å². The molecule has 3 amide bonds. The highest BCUT2D eigenvalue weighted by Crippen LogP contribution is 2.59. The molecule has 14 heteroatoms. The largest absolute Gasteiger partial charge is 0.444 e. The molecule has 9 nitrogen and oxygen atoms in total. The molecule has 5 rings (SSSR count). The lowest BCUT2D eigenvalue weighted by molar-refractivity contribution is -0.201. The van der Waals surface area contributed by atoms with Crippen molar-refractivity contribution in [3.8, 4) is 0 Å². The van der Waals surface area contributed by atoms with Crippen molar-refractivity contribution >= 4 is 50.0 Å². The van der Waals surface area contributed by atoms with Crippen LogP contribution in [0.25, 0.3) is 0 Å². The van der Waals surface area contributed by atoms with Crippen LogP contribution in [-0.2, 0) is 14.3 Å². The minimum Gasteiger partial charge on any atom is -0.444 e. The first kappa shape index (κ1) is 40.9. The van der Waals surface area contributed by atoms with E-state index in [0.29, 0.717) is 6.54 Å². The van der Waals surface area contributed by atoms with Crippen LogP contribution in [0.1, 0.15) is 91.4 Å². The fraction of sp³-hybridized carbons (Fsp3) is 0.595. The third kappa shape index (κ3) is 10.4. The highest BCUT2D eigenvalue weighted by molar-refractivity contribution is 9.10. The van der Waals surface area contributed by atoms with Gasteiger partial charge in [0.05, 0.1) is 12.1 Å². The third-order valence-corrected chi connectivity index (χ3v) is 10.0. The third-order valence-electron chi connectivity index (χ3n) is 8.97. The van der Waals surface area contributed by atoms with Crippen LogP contribution in [0.3, 0.4) is 0 Å². The second-order valence-electron chi connectivity index (χ2n) is 15.6. The van der Waals surface area contributed by atoms with Crippen molar-refractivity contribution in [2.75, 3.05) is 26.2 Å². The van der Waals surface area contributed by atoms with Gasteiger partial charge in [-0.1, -0.05) is 56.1 Å². The van der Waals surface area contributed by atoms with Crippen molar-refractivity contribution in [3.63, 3.8) is 0 Å². The van der Waals surface area contributed by atoms with Crippen LogP contribution in [0.15, 0.2) is 57.5 Å². The Morgan fingerprint density at radius 1 is 0.706 bits per heavy atom. The number of alkyl halides is 3. The van der Waals surface area contributed by atoms with Crippen molar-refractivity contribution < 1.29 is 37.0 Å². The molecule has 3 fully saturated rings. The Morgan fingerprint density at radius 2 is 1.14 bits per heavy atom. The summed E-state index contributed by atoms with van der Waals surface area (Å²) < 4.78 is 53.6. The number of ether oxygens (including phenoxy) is 2. The van der Waals surface area contributed by atoms with Crippen molar-refractivity contribution in [1.82, 2.24) is 20.0 Å². The summed E-state index contributed by atoms with van der Waals surface area (Å²) in [5.41, 5.74) is -1.63. The van der Waals surface area contributed by atoms with Crippen molar-refractivity contribution in [1.29, 1.82) is 0 Å². The average molecular weight is 847 g/mol. The van der Waals surface area contributed by atoms with E-state index in [0.717, 1.165) is 26.6 Å². The molecule has 4 atom stereocenters. The van der Waals surface area contributed by atoms with E-state index in [9.17, 15) is 27.6 Å². The van der Waals surface area contributed by atoms with E-state index in [2.05, 4.69) is 44.1 Å². The van der Waals surface area contributed by atoms with E-state index in [1.54, 1.807) is 52.0 Å². The number of carbonyl (C=O) groups excluding carboxylic acids is 3. The first-order chi connectivity index (χ1) is 23.5. The molecule has 0 bridgehead atoms. The maximum atomic E-state index is 13.5. The van der Waals surface area contributed by atoms with Gasteiger partial charge in [-0.05, 0) is 104 Å². The minimum atomic E-state index is -4.57. The monoisotopic (exact) mass is 844 g/mol. The summed E-state index contributed by atoms with van der Waals surface area (Å²) in [6.07, 6.45) is -5.73. The smallest absolute Gasteiger partial charge is 0.410 e. The van der Waals surface area contributed by atoms with Crippen molar-refractivity contribution in [2.45, 2.75) is 110 Å². The van der Waals surface area contributed by atoms with E-state index in [4.69, 9.17) is 9.47 Å². The summed E-state index contributed by atoms with van der Waals surface area (Å²) in [5.74, 6) is -0.895. The van der Waals surface area contributed by atoms with Crippen LogP contribution < -0.4 is 5.32 Å². The molecular weight excluding hydrogens is 797 g/mol. The van der Waals surface area contributed by atoms with Crippen LogP contribution in [-0.4, -0.2) is 88.4 Å². The molecule has 0 spiro atoms. The number of halogens is 5. The molecule has 2 aromatic carbocycles. The number of nitrogens with one attached hydrogen (secondary N) is 1. The number of rotatable bonds is 3. The molecule has 1 saturated carbocycles. The lowest BCUT2D eigenvalue weighted by atomic mass is 9.96. The Morgan fingerprint density at radius 3 is 1.55 bits per heavy atom. The number of nitrogens with zero attached hydrogens (tertiary/aromatic N) is 3. The van der Waals surface area contributed by atoms with E-state index < -0.39 is 46.9 Å². The van der Waals surface area contributed by atoms with Crippen LogP contribution in [0, 0.1) is 5.41 Å². The van der Waals surface area contributed by atoms with Gasteiger partial charge in [0.1, 0.15) is 16.6 Å². The average Bonchev–Trinajstić information content (AvgIpc) is 3.83. The zero-order chi connectivity index (χ0) is 38.1. The normalized spacial score (nSPS) is 23.5. The number of hydrogen-bond donors (Lipinski definition) is 1. The fourth-order valence-corrected chi connectivity index (χ4v) is 6.71. The van der Waals surface area contributed by atoms with Gasteiger partial charge in [0.2, 0.25) is 5.91 Å². The Bertz CT molecular complexity index is 1540. The molecule has 51 heavy (non-hydrogen) atoms. The maximum absolute atomic E-state index is 13.5. The molecular formula is C37H49Br2F3N4O5. The number of piperazine rings is 2. The van der Waals surface area contributed by atoms with Gasteiger partial charge in [-0.3, -0.25) is 14.6 Å². The van der Waals surface area contributed by atoms with Crippen molar-refractivity contribution in [2.24, 2.45) is 5.41 Å². The summed E-state index contributed by atoms with van der Waals surface area (Å²) in [4.78, 5) is 42.9. The van der Waals surface area contributed by atoms with Gasteiger partial charge in [-0.15, -0.1) is 0 Å². The molecule has 2 aliphatic heterocycles. The molecule has 1 aliphatic carbocycles. The summed E-state index contributed by atoms with van der Waals surface area (Å²) in [7, 11) is 0. The molecule has 0 unspecified atom stereocenters. The van der Waals surface area contributed by atoms with Gasteiger partial charge in [0.25, 0.3) is 0 Å². The first-order valence-electron chi connectivity index (χ1n) is 17.1. The molecule has 2 saturated heterocycles. The predicted octanol–water partition coefficient (Wildman–Crippen LogP) is 9.02. The van der Waals surface area contributed by atoms with Gasteiger partial charge in [-0.2, -0.15) is 13.2 Å². The topological polar surface area (TPSA) is 91.4 Å². The Kier molecular flexibility index (Phi) is 12.5. The van der Waals surface area contributed by atoms with Crippen LogP contribution in [0.5, 0.6) is 0 Å². The number of amides is 3. The second kappa shape index (κ2) is 15.6. The zero-order valence-corrected chi connectivity index (χ0v) is 33.6. The van der Waals surface area contributed by atoms with E-state index in [1.165, 1.54) is 9.80 Å².